The summed E-state index contributed by atoms with van der Waals surface area (Å²) in [6, 6.07) is 2.22. The molecule has 2 aliphatic rings. The van der Waals surface area contributed by atoms with Gasteiger partial charge in [0.15, 0.2) is 9.84 Å². The minimum absolute atomic E-state index is 0.0205. The number of halogens is 1. The van der Waals surface area contributed by atoms with Gasteiger partial charge in [-0.25, -0.2) is 12.8 Å². The fourth-order valence-electron chi connectivity index (χ4n) is 2.53. The van der Waals surface area contributed by atoms with Gasteiger partial charge in [0.05, 0.1) is 22.9 Å². The lowest BCUT2D eigenvalue weighted by molar-refractivity contribution is -0.117. The Balaban J connectivity index is 2.09. The first-order chi connectivity index (χ1) is 8.87. The van der Waals surface area contributed by atoms with Crippen molar-refractivity contribution in [2.45, 2.75) is 13.0 Å². The molecule has 0 radical (unpaired) electrons. The number of carbonyl (C=O) groups is 1. The molecular formula is C12H13FN2O3S. The Hall–Kier alpha value is -1.63. The average Bonchev–Trinajstić information content (AvgIpc) is 2.32. The van der Waals surface area contributed by atoms with Crippen LogP contribution in [0.5, 0.6) is 0 Å². The molecular weight excluding hydrogens is 271 g/mol. The van der Waals surface area contributed by atoms with E-state index in [1.807, 2.05) is 0 Å². The maximum Gasteiger partial charge on any atom is 0.248 e. The van der Waals surface area contributed by atoms with Gasteiger partial charge in [-0.2, -0.15) is 0 Å². The van der Waals surface area contributed by atoms with Crippen LogP contribution in [-0.4, -0.2) is 38.4 Å². The normalized spacial score (nSPS) is 24.4. The van der Waals surface area contributed by atoms with Crippen LogP contribution in [0.25, 0.3) is 0 Å². The van der Waals surface area contributed by atoms with E-state index in [-0.39, 0.29) is 29.8 Å². The Morgan fingerprint density at radius 3 is 2.89 bits per heavy atom. The van der Waals surface area contributed by atoms with Crippen LogP contribution in [0.3, 0.4) is 0 Å². The van der Waals surface area contributed by atoms with Crippen LogP contribution in [-0.2, 0) is 14.6 Å². The molecule has 1 fully saturated rings. The van der Waals surface area contributed by atoms with E-state index in [1.54, 1.807) is 17.9 Å². The summed E-state index contributed by atoms with van der Waals surface area (Å²) in [7, 11) is -3.18. The molecule has 1 aromatic carbocycles. The highest BCUT2D eigenvalue weighted by atomic mass is 32.2. The van der Waals surface area contributed by atoms with Crippen molar-refractivity contribution in [3.8, 4) is 0 Å². The Morgan fingerprint density at radius 1 is 1.42 bits per heavy atom. The van der Waals surface area contributed by atoms with Crippen LogP contribution < -0.4 is 10.2 Å². The highest BCUT2D eigenvalue weighted by Crippen LogP contribution is 2.35. The minimum atomic E-state index is -3.18. The van der Waals surface area contributed by atoms with Gasteiger partial charge in [0.1, 0.15) is 11.9 Å². The van der Waals surface area contributed by atoms with Gasteiger partial charge in [-0.3, -0.25) is 4.79 Å². The number of anilines is 2. The van der Waals surface area contributed by atoms with Crippen molar-refractivity contribution in [2.75, 3.05) is 28.3 Å². The number of amides is 1. The molecule has 0 aromatic heterocycles. The van der Waals surface area contributed by atoms with Crippen LogP contribution in [0.1, 0.15) is 5.56 Å². The maximum absolute atomic E-state index is 13.5. The molecule has 0 bridgehead atoms. The second-order valence-electron chi connectivity index (χ2n) is 4.93. The molecule has 7 heteroatoms. The standard InChI is InChI=1S/C12H13FN2O3S/c1-7-4-10-9(5-8(7)13)14-12(16)11-6-19(17,18)3-2-15(10)11/h4-5,11H,2-3,6H2,1H3,(H,14,16). The first-order valence-corrected chi connectivity index (χ1v) is 7.77. The predicted octanol–water partition coefficient (Wildman–Crippen LogP) is 0.690. The number of hydrogen-bond donors (Lipinski definition) is 1. The molecule has 1 N–H and O–H groups in total. The van der Waals surface area contributed by atoms with Crippen LogP contribution in [0.2, 0.25) is 0 Å². The zero-order valence-corrected chi connectivity index (χ0v) is 11.1. The molecule has 1 amide bonds. The molecule has 1 unspecified atom stereocenters. The summed E-state index contributed by atoms with van der Waals surface area (Å²) >= 11 is 0. The monoisotopic (exact) mass is 284 g/mol. The van der Waals surface area contributed by atoms with Gasteiger partial charge in [0, 0.05) is 6.54 Å². The van der Waals surface area contributed by atoms with Crippen molar-refractivity contribution in [3.63, 3.8) is 0 Å². The Labute approximate surface area is 110 Å². The van der Waals surface area contributed by atoms with Crippen molar-refractivity contribution in [1.29, 1.82) is 0 Å². The molecule has 5 nitrogen and oxygen atoms in total. The van der Waals surface area contributed by atoms with Gasteiger partial charge in [-0.1, -0.05) is 0 Å². The molecule has 0 spiro atoms. The van der Waals surface area contributed by atoms with Crippen molar-refractivity contribution >= 4 is 27.1 Å². The third-order valence-electron chi connectivity index (χ3n) is 3.58. The number of carbonyl (C=O) groups excluding carboxylic acids is 1. The van der Waals surface area contributed by atoms with E-state index in [4.69, 9.17) is 0 Å². The van der Waals surface area contributed by atoms with Gasteiger partial charge >= 0.3 is 0 Å². The largest absolute Gasteiger partial charge is 0.356 e. The molecule has 0 saturated carbocycles. The summed E-state index contributed by atoms with van der Waals surface area (Å²) in [4.78, 5) is 13.7. The zero-order chi connectivity index (χ0) is 13.8. The van der Waals surface area contributed by atoms with Crippen molar-refractivity contribution < 1.29 is 17.6 Å². The zero-order valence-electron chi connectivity index (χ0n) is 10.3. The lowest BCUT2D eigenvalue weighted by Gasteiger charge is -2.40. The summed E-state index contributed by atoms with van der Waals surface area (Å²) in [6.07, 6.45) is 0. The van der Waals surface area contributed by atoms with Gasteiger partial charge < -0.3 is 10.2 Å². The quantitative estimate of drug-likeness (QED) is 0.761. The van der Waals surface area contributed by atoms with Crippen LogP contribution >= 0.6 is 0 Å². The number of nitrogens with one attached hydrogen (secondary N) is 1. The lowest BCUT2D eigenvalue weighted by atomic mass is 10.1. The van der Waals surface area contributed by atoms with Crippen LogP contribution in [0, 0.1) is 12.7 Å². The Morgan fingerprint density at radius 2 is 2.16 bits per heavy atom. The van der Waals surface area contributed by atoms with E-state index in [1.165, 1.54) is 6.07 Å². The van der Waals surface area contributed by atoms with E-state index < -0.39 is 15.9 Å². The molecule has 1 aromatic rings. The molecule has 0 aliphatic carbocycles. The van der Waals surface area contributed by atoms with E-state index in [0.29, 0.717) is 16.9 Å². The molecule has 3 rings (SSSR count). The van der Waals surface area contributed by atoms with Gasteiger partial charge in [0.2, 0.25) is 5.91 Å². The summed E-state index contributed by atoms with van der Waals surface area (Å²) in [5.41, 5.74) is 1.57. The first-order valence-electron chi connectivity index (χ1n) is 5.95. The van der Waals surface area contributed by atoms with E-state index >= 15 is 0 Å². The summed E-state index contributed by atoms with van der Waals surface area (Å²) in [5.74, 6) is -0.942. The van der Waals surface area contributed by atoms with Gasteiger partial charge in [-0.15, -0.1) is 0 Å². The predicted molar refractivity (Wildman–Crippen MR) is 69.6 cm³/mol. The number of rotatable bonds is 0. The number of sulfone groups is 1. The SMILES string of the molecule is Cc1cc2c(cc1F)NC(=O)C1CS(=O)(=O)CCN21. The molecule has 1 saturated heterocycles. The number of fused-ring (bicyclic) bond motifs is 3. The maximum atomic E-state index is 13.5. The van der Waals surface area contributed by atoms with Crippen molar-refractivity contribution in [1.82, 2.24) is 0 Å². The second-order valence-corrected chi connectivity index (χ2v) is 7.16. The summed E-state index contributed by atoms with van der Waals surface area (Å²) < 4.78 is 36.7. The summed E-state index contributed by atoms with van der Waals surface area (Å²) in [6.45, 7) is 1.90. The summed E-state index contributed by atoms with van der Waals surface area (Å²) in [5, 5.41) is 2.58. The third-order valence-corrected chi connectivity index (χ3v) is 5.21. The van der Waals surface area contributed by atoms with E-state index in [0.717, 1.165) is 0 Å². The Kier molecular flexibility index (Phi) is 2.57. The van der Waals surface area contributed by atoms with Crippen molar-refractivity contribution in [3.05, 3.63) is 23.5 Å². The van der Waals surface area contributed by atoms with Crippen molar-refractivity contribution in [2.24, 2.45) is 0 Å². The van der Waals surface area contributed by atoms with Gasteiger partial charge in [-0.05, 0) is 24.6 Å². The number of benzene rings is 1. The van der Waals surface area contributed by atoms with Crippen LogP contribution in [0.15, 0.2) is 12.1 Å². The average molecular weight is 284 g/mol. The molecule has 102 valence electrons. The van der Waals surface area contributed by atoms with E-state index in [9.17, 15) is 17.6 Å². The topological polar surface area (TPSA) is 66.5 Å². The molecule has 19 heavy (non-hydrogen) atoms. The fraction of sp³-hybridized carbons (Fsp3) is 0.417. The number of nitrogens with zero attached hydrogens (tertiary/aromatic N) is 1. The lowest BCUT2D eigenvalue weighted by Crippen LogP contribution is -2.56. The first kappa shape index (κ1) is 12.4. The van der Waals surface area contributed by atoms with Gasteiger partial charge in [0.25, 0.3) is 0 Å². The minimum Gasteiger partial charge on any atom is -0.356 e. The van der Waals surface area contributed by atoms with E-state index in [2.05, 4.69) is 5.32 Å². The molecule has 2 aliphatic heterocycles. The molecule has 1 atom stereocenters. The second kappa shape index (κ2) is 3.93. The number of aryl methyl sites for hydroxylation is 1. The fourth-order valence-corrected chi connectivity index (χ4v) is 3.99. The smallest absolute Gasteiger partial charge is 0.248 e. The molecule has 2 heterocycles. The number of hydrogen-bond acceptors (Lipinski definition) is 4. The Bertz CT molecular complexity index is 672. The van der Waals surface area contributed by atoms with Crippen LogP contribution in [0.4, 0.5) is 15.8 Å². The highest BCUT2D eigenvalue weighted by Gasteiger charge is 2.40. The highest BCUT2D eigenvalue weighted by molar-refractivity contribution is 7.91. The third kappa shape index (κ3) is 1.98.